The van der Waals surface area contributed by atoms with Crippen LogP contribution in [0.4, 0.5) is 10.5 Å². The number of nitrogens with two attached hydrogens (primary N) is 1. The van der Waals surface area contributed by atoms with E-state index in [-0.39, 0.29) is 13.0 Å². The lowest BCUT2D eigenvalue weighted by Crippen LogP contribution is -2.46. The molecule has 2 unspecified atom stereocenters. The fourth-order valence-corrected chi connectivity index (χ4v) is 2.78. The highest BCUT2D eigenvalue weighted by Gasteiger charge is 2.71. The third-order valence-corrected chi connectivity index (χ3v) is 3.87. The van der Waals surface area contributed by atoms with Crippen LogP contribution in [0, 0.1) is 5.41 Å². The summed E-state index contributed by atoms with van der Waals surface area (Å²) in [6.45, 7) is 1.76. The van der Waals surface area contributed by atoms with E-state index in [1.165, 1.54) is 0 Å². The van der Waals surface area contributed by atoms with Crippen LogP contribution in [0.15, 0.2) is 30.3 Å². The lowest BCUT2D eigenvalue weighted by atomic mass is 10.1. The van der Waals surface area contributed by atoms with Crippen molar-refractivity contribution in [1.29, 1.82) is 0 Å². The molecule has 2 rings (SSSR count). The average Bonchev–Trinajstić information content (AvgIpc) is 3.24. The molecule has 0 spiro atoms. The van der Waals surface area contributed by atoms with Crippen LogP contribution in [-0.4, -0.2) is 49.8 Å². The predicted octanol–water partition coefficient (Wildman–Crippen LogP) is 0.913. The monoisotopic (exact) mass is 335 g/mol. The van der Waals surface area contributed by atoms with Gasteiger partial charge in [-0.05, 0) is 25.5 Å². The molecule has 1 aromatic rings. The molecule has 0 bridgehead atoms. The summed E-state index contributed by atoms with van der Waals surface area (Å²) in [5.41, 5.74) is 4.16. The molecule has 1 saturated carbocycles. The van der Waals surface area contributed by atoms with Gasteiger partial charge in [0.05, 0.1) is 18.3 Å². The number of anilines is 1. The topological polar surface area (TPSA) is 102 Å². The van der Waals surface area contributed by atoms with Gasteiger partial charge in [-0.3, -0.25) is 9.59 Å². The Morgan fingerprint density at radius 2 is 1.83 bits per heavy atom. The minimum absolute atomic E-state index is 0.116. The van der Waals surface area contributed by atoms with Crippen LogP contribution in [0.3, 0.4) is 0 Å². The normalized spacial score (nSPS) is 21.9. The van der Waals surface area contributed by atoms with E-state index in [0.29, 0.717) is 0 Å². The summed E-state index contributed by atoms with van der Waals surface area (Å²) in [5.74, 6) is -1.70. The number of esters is 2. The Morgan fingerprint density at radius 3 is 2.33 bits per heavy atom. The maximum atomic E-state index is 12.4. The van der Waals surface area contributed by atoms with Crippen molar-refractivity contribution in [2.45, 2.75) is 19.4 Å². The number of para-hydroxylation sites is 1. The third-order valence-electron chi connectivity index (χ3n) is 3.87. The quantitative estimate of drug-likeness (QED) is 0.468. The van der Waals surface area contributed by atoms with Crippen LogP contribution in [-0.2, 0) is 19.1 Å². The van der Waals surface area contributed by atoms with Crippen LogP contribution < -0.4 is 10.7 Å². The van der Waals surface area contributed by atoms with E-state index in [4.69, 9.17) is 10.5 Å². The SMILES string of the molecule is CCOC(=O)C1(C(=O)OC(N)=O)CC1N(c1ccccc1)N(C)C. The van der Waals surface area contributed by atoms with Gasteiger partial charge >= 0.3 is 18.0 Å². The molecule has 2 N–H and O–H groups in total. The molecule has 0 heterocycles. The first-order chi connectivity index (χ1) is 11.3. The molecule has 2 atom stereocenters. The summed E-state index contributed by atoms with van der Waals surface area (Å²) < 4.78 is 9.53. The average molecular weight is 335 g/mol. The first-order valence-corrected chi connectivity index (χ1v) is 7.55. The zero-order valence-electron chi connectivity index (χ0n) is 13.9. The number of nitrogens with zero attached hydrogens (tertiary/aromatic N) is 2. The third kappa shape index (κ3) is 3.18. The van der Waals surface area contributed by atoms with E-state index in [2.05, 4.69) is 4.74 Å². The van der Waals surface area contributed by atoms with E-state index in [1.807, 2.05) is 30.3 Å². The molecule has 0 aromatic heterocycles. The van der Waals surface area contributed by atoms with Crippen LogP contribution in [0.2, 0.25) is 0 Å². The summed E-state index contributed by atoms with van der Waals surface area (Å²) in [5, 5.41) is 3.55. The maximum Gasteiger partial charge on any atom is 0.412 e. The highest BCUT2D eigenvalue weighted by atomic mass is 16.6. The van der Waals surface area contributed by atoms with Crippen LogP contribution in [0.5, 0.6) is 0 Å². The first kappa shape index (κ1) is 17.7. The highest BCUT2D eigenvalue weighted by molar-refractivity contribution is 6.08. The summed E-state index contributed by atoms with van der Waals surface area (Å²) in [6, 6.07) is 8.75. The largest absolute Gasteiger partial charge is 0.465 e. The lowest BCUT2D eigenvalue weighted by molar-refractivity contribution is -0.161. The van der Waals surface area contributed by atoms with Gasteiger partial charge in [0.25, 0.3) is 0 Å². The van der Waals surface area contributed by atoms with Gasteiger partial charge in [0.2, 0.25) is 0 Å². The van der Waals surface area contributed by atoms with Crippen LogP contribution in [0.25, 0.3) is 0 Å². The molecular formula is C16H21N3O5. The molecule has 8 nitrogen and oxygen atoms in total. The van der Waals surface area contributed by atoms with Gasteiger partial charge in [0.1, 0.15) is 0 Å². The van der Waals surface area contributed by atoms with Gasteiger partial charge in [-0.15, -0.1) is 0 Å². The number of benzene rings is 1. The molecule has 0 saturated heterocycles. The zero-order valence-corrected chi connectivity index (χ0v) is 13.9. The number of hydrazine groups is 1. The predicted molar refractivity (Wildman–Crippen MR) is 85.8 cm³/mol. The van der Waals surface area contributed by atoms with Crippen LogP contribution in [0.1, 0.15) is 13.3 Å². The van der Waals surface area contributed by atoms with E-state index < -0.39 is 29.5 Å². The Bertz CT molecular complexity index is 634. The molecule has 0 radical (unpaired) electrons. The molecular weight excluding hydrogens is 314 g/mol. The zero-order chi connectivity index (χ0) is 17.9. The number of carbonyl (C=O) groups is 3. The summed E-state index contributed by atoms with van der Waals surface area (Å²) in [7, 11) is 3.58. The van der Waals surface area contributed by atoms with Gasteiger partial charge in [-0.2, -0.15) is 0 Å². The number of hydrogen-bond donors (Lipinski definition) is 1. The Labute approximate surface area is 140 Å². The van der Waals surface area contributed by atoms with Crippen LogP contribution >= 0.6 is 0 Å². The van der Waals surface area contributed by atoms with Crippen molar-refractivity contribution in [1.82, 2.24) is 5.01 Å². The van der Waals surface area contributed by atoms with Crippen molar-refractivity contribution in [3.05, 3.63) is 30.3 Å². The van der Waals surface area contributed by atoms with Gasteiger partial charge < -0.3 is 20.2 Å². The van der Waals surface area contributed by atoms with Crippen molar-refractivity contribution in [2.75, 3.05) is 25.7 Å². The van der Waals surface area contributed by atoms with Gasteiger partial charge in [0.15, 0.2) is 5.41 Å². The van der Waals surface area contributed by atoms with Crippen molar-refractivity contribution >= 4 is 23.7 Å². The number of amides is 1. The molecule has 1 fully saturated rings. The second kappa shape index (κ2) is 6.88. The Morgan fingerprint density at radius 1 is 1.21 bits per heavy atom. The Hall–Kier alpha value is -2.61. The molecule has 1 amide bonds. The smallest absolute Gasteiger partial charge is 0.412 e. The molecule has 1 aromatic carbocycles. The van der Waals surface area contributed by atoms with E-state index >= 15 is 0 Å². The molecule has 0 aliphatic heterocycles. The summed E-state index contributed by atoms with van der Waals surface area (Å²) in [6.07, 6.45) is -1.07. The highest BCUT2D eigenvalue weighted by Crippen LogP contribution is 2.53. The second-order valence-electron chi connectivity index (χ2n) is 5.65. The molecule has 24 heavy (non-hydrogen) atoms. The number of primary amides is 1. The summed E-state index contributed by atoms with van der Waals surface area (Å²) in [4.78, 5) is 35.7. The maximum absolute atomic E-state index is 12.4. The van der Waals surface area contributed by atoms with E-state index in [9.17, 15) is 14.4 Å². The number of carbonyl (C=O) groups excluding carboxylic acids is 3. The first-order valence-electron chi connectivity index (χ1n) is 7.55. The number of hydrogen-bond acceptors (Lipinski definition) is 7. The number of ether oxygens (including phenoxy) is 2. The Kier molecular flexibility index (Phi) is 5.08. The fourth-order valence-electron chi connectivity index (χ4n) is 2.78. The van der Waals surface area contributed by atoms with Crippen molar-refractivity contribution in [3.8, 4) is 0 Å². The van der Waals surface area contributed by atoms with Crippen molar-refractivity contribution < 1.29 is 23.9 Å². The summed E-state index contributed by atoms with van der Waals surface area (Å²) >= 11 is 0. The minimum atomic E-state index is -1.56. The van der Waals surface area contributed by atoms with Gasteiger partial charge in [-0.1, -0.05) is 18.2 Å². The Balaban J connectivity index is 2.36. The van der Waals surface area contributed by atoms with Gasteiger partial charge in [0, 0.05) is 14.1 Å². The van der Waals surface area contributed by atoms with E-state index in [0.717, 1.165) is 5.69 Å². The molecule has 8 heteroatoms. The van der Waals surface area contributed by atoms with Crippen molar-refractivity contribution in [2.24, 2.45) is 11.1 Å². The van der Waals surface area contributed by atoms with E-state index in [1.54, 1.807) is 31.0 Å². The second-order valence-corrected chi connectivity index (χ2v) is 5.65. The molecule has 1 aliphatic rings. The lowest BCUT2D eigenvalue weighted by Gasteiger charge is -2.32. The van der Waals surface area contributed by atoms with Crippen molar-refractivity contribution in [3.63, 3.8) is 0 Å². The minimum Gasteiger partial charge on any atom is -0.465 e. The fraction of sp³-hybridized carbons (Fsp3) is 0.438. The standard InChI is InChI=1S/C16H21N3O5/c1-4-23-13(20)16(14(21)24-15(17)22)10-12(16)19(18(2)3)11-8-6-5-7-9-11/h5-9,12H,4,10H2,1-3H3,(H2,17,22). The molecule has 130 valence electrons. The van der Waals surface area contributed by atoms with Gasteiger partial charge in [-0.25, -0.2) is 9.80 Å². The number of rotatable bonds is 6. The molecule has 1 aliphatic carbocycles.